The number of halogens is 3. The van der Waals surface area contributed by atoms with Crippen molar-refractivity contribution in [2.24, 2.45) is 0 Å². The predicted octanol–water partition coefficient (Wildman–Crippen LogP) is 4.85. The van der Waals surface area contributed by atoms with Crippen LogP contribution in [-0.2, 0) is 6.54 Å². The number of anilines is 2. The third kappa shape index (κ3) is 5.45. The fraction of sp³-hybridized carbons (Fsp3) is 0.0417. The molecule has 4 aromatic rings. The van der Waals surface area contributed by atoms with Gasteiger partial charge in [-0.25, -0.2) is 18.2 Å². The van der Waals surface area contributed by atoms with Crippen LogP contribution < -0.4 is 10.6 Å². The first-order valence-electron chi connectivity index (χ1n) is 9.81. The number of benzene rings is 3. The summed E-state index contributed by atoms with van der Waals surface area (Å²) in [4.78, 5) is 28.5. The van der Waals surface area contributed by atoms with Gasteiger partial charge < -0.3 is 15.2 Å². The smallest absolute Gasteiger partial charge is 0.275 e. The lowest BCUT2D eigenvalue weighted by Crippen LogP contribution is -2.12. The molecule has 0 atom stereocenters. The van der Waals surface area contributed by atoms with Gasteiger partial charge in [-0.1, -0.05) is 18.2 Å². The molecule has 1 heterocycles. The number of hydrogen-bond donors (Lipinski definition) is 2. The third-order valence-electron chi connectivity index (χ3n) is 4.71. The maximum absolute atomic E-state index is 13.3. The van der Waals surface area contributed by atoms with E-state index in [1.54, 1.807) is 28.8 Å². The maximum atomic E-state index is 13.3. The zero-order valence-corrected chi connectivity index (χ0v) is 17.1. The van der Waals surface area contributed by atoms with Gasteiger partial charge in [0.1, 0.15) is 11.5 Å². The number of rotatable bonds is 6. The fourth-order valence-corrected chi connectivity index (χ4v) is 3.07. The summed E-state index contributed by atoms with van der Waals surface area (Å²) in [6, 6.07) is 15.5. The van der Waals surface area contributed by atoms with Crippen molar-refractivity contribution in [1.29, 1.82) is 0 Å². The summed E-state index contributed by atoms with van der Waals surface area (Å²) in [5.41, 5.74) is 1.86. The van der Waals surface area contributed by atoms with Crippen molar-refractivity contribution in [2.45, 2.75) is 6.54 Å². The van der Waals surface area contributed by atoms with Crippen LogP contribution in [0, 0.1) is 17.5 Å². The first-order valence-corrected chi connectivity index (χ1v) is 9.81. The van der Waals surface area contributed by atoms with Crippen LogP contribution in [0.25, 0.3) is 0 Å². The SMILES string of the molecule is O=C(Nc1ccc(Cn2cnc(C(=O)Nc3ccc(F)c(F)c3)c2)cc1)c1cccc(F)c1. The molecule has 0 saturated carbocycles. The second-order valence-electron chi connectivity index (χ2n) is 7.18. The molecular formula is C24H17F3N4O2. The van der Waals surface area contributed by atoms with Gasteiger partial charge in [-0.15, -0.1) is 0 Å². The predicted molar refractivity (Wildman–Crippen MR) is 116 cm³/mol. The Hall–Kier alpha value is -4.40. The van der Waals surface area contributed by atoms with Crippen molar-refractivity contribution in [2.75, 3.05) is 10.6 Å². The quantitative estimate of drug-likeness (QED) is 0.441. The summed E-state index contributed by atoms with van der Waals surface area (Å²) in [6.07, 6.45) is 2.99. The van der Waals surface area contributed by atoms with E-state index in [0.717, 1.165) is 23.8 Å². The molecule has 1 aromatic heterocycles. The second kappa shape index (κ2) is 9.39. The normalized spacial score (nSPS) is 10.6. The van der Waals surface area contributed by atoms with Gasteiger partial charge in [0.15, 0.2) is 11.6 Å². The molecule has 0 bridgehead atoms. The van der Waals surface area contributed by atoms with Crippen LogP contribution in [0.3, 0.4) is 0 Å². The molecular weight excluding hydrogens is 433 g/mol. The highest BCUT2D eigenvalue weighted by Gasteiger charge is 2.12. The Morgan fingerprint density at radius 3 is 2.27 bits per heavy atom. The maximum Gasteiger partial charge on any atom is 0.275 e. The average molecular weight is 450 g/mol. The van der Waals surface area contributed by atoms with Crippen molar-refractivity contribution in [3.63, 3.8) is 0 Å². The topological polar surface area (TPSA) is 76.0 Å². The van der Waals surface area contributed by atoms with Crippen molar-refractivity contribution in [3.05, 3.63) is 114 Å². The van der Waals surface area contributed by atoms with E-state index >= 15 is 0 Å². The molecule has 0 aliphatic rings. The lowest BCUT2D eigenvalue weighted by atomic mass is 10.1. The Kier molecular flexibility index (Phi) is 6.21. The van der Waals surface area contributed by atoms with E-state index in [-0.39, 0.29) is 16.9 Å². The molecule has 3 aromatic carbocycles. The average Bonchev–Trinajstić information content (AvgIpc) is 3.26. The van der Waals surface area contributed by atoms with Gasteiger partial charge in [0.05, 0.1) is 6.33 Å². The largest absolute Gasteiger partial charge is 0.332 e. The molecule has 0 unspecified atom stereocenters. The van der Waals surface area contributed by atoms with E-state index in [9.17, 15) is 22.8 Å². The number of amides is 2. The molecule has 166 valence electrons. The zero-order valence-electron chi connectivity index (χ0n) is 17.1. The molecule has 0 aliphatic heterocycles. The third-order valence-corrected chi connectivity index (χ3v) is 4.71. The van der Waals surface area contributed by atoms with Crippen molar-refractivity contribution < 1.29 is 22.8 Å². The number of carbonyl (C=O) groups excluding carboxylic acids is 2. The van der Waals surface area contributed by atoms with E-state index in [0.29, 0.717) is 12.2 Å². The van der Waals surface area contributed by atoms with Gasteiger partial charge in [-0.3, -0.25) is 9.59 Å². The lowest BCUT2D eigenvalue weighted by molar-refractivity contribution is 0.101. The van der Waals surface area contributed by atoms with E-state index in [2.05, 4.69) is 15.6 Å². The summed E-state index contributed by atoms with van der Waals surface area (Å²) in [5.74, 6) is -3.54. The molecule has 9 heteroatoms. The number of nitrogens with zero attached hydrogens (tertiary/aromatic N) is 2. The van der Waals surface area contributed by atoms with Crippen LogP contribution in [0.5, 0.6) is 0 Å². The molecule has 2 amide bonds. The lowest BCUT2D eigenvalue weighted by Gasteiger charge is -2.07. The van der Waals surface area contributed by atoms with Crippen molar-refractivity contribution in [1.82, 2.24) is 9.55 Å². The van der Waals surface area contributed by atoms with Crippen molar-refractivity contribution in [3.8, 4) is 0 Å². The zero-order chi connectivity index (χ0) is 23.4. The Morgan fingerprint density at radius 2 is 1.55 bits per heavy atom. The number of hydrogen-bond acceptors (Lipinski definition) is 3. The van der Waals surface area contributed by atoms with Gasteiger partial charge in [-0.2, -0.15) is 0 Å². The fourth-order valence-electron chi connectivity index (χ4n) is 3.07. The Balaban J connectivity index is 1.36. The highest BCUT2D eigenvalue weighted by molar-refractivity contribution is 6.04. The number of nitrogens with one attached hydrogen (secondary N) is 2. The van der Waals surface area contributed by atoms with Crippen molar-refractivity contribution >= 4 is 23.2 Å². The Bertz CT molecular complexity index is 1320. The van der Waals surface area contributed by atoms with E-state index in [1.165, 1.54) is 36.8 Å². The van der Waals surface area contributed by atoms with Gasteiger partial charge in [-0.05, 0) is 48.0 Å². The van der Waals surface area contributed by atoms with Crippen LogP contribution >= 0.6 is 0 Å². The molecule has 4 rings (SSSR count). The van der Waals surface area contributed by atoms with Crippen LogP contribution in [0.2, 0.25) is 0 Å². The van der Waals surface area contributed by atoms with Crippen LogP contribution in [0.15, 0.2) is 79.3 Å². The molecule has 0 saturated heterocycles. The first kappa shape index (κ1) is 21.8. The van der Waals surface area contributed by atoms with Crippen LogP contribution in [0.4, 0.5) is 24.5 Å². The van der Waals surface area contributed by atoms with Gasteiger partial charge >= 0.3 is 0 Å². The number of carbonyl (C=O) groups is 2. The molecule has 0 aliphatic carbocycles. The molecule has 0 radical (unpaired) electrons. The summed E-state index contributed by atoms with van der Waals surface area (Å²) in [7, 11) is 0. The highest BCUT2D eigenvalue weighted by Crippen LogP contribution is 2.15. The number of imidazole rings is 1. The molecule has 0 fully saturated rings. The summed E-state index contributed by atoms with van der Waals surface area (Å²) in [6.45, 7) is 0.406. The molecule has 2 N–H and O–H groups in total. The minimum Gasteiger partial charge on any atom is -0.332 e. The second-order valence-corrected chi connectivity index (χ2v) is 7.18. The summed E-state index contributed by atoms with van der Waals surface area (Å²) < 4.78 is 41.3. The van der Waals surface area contributed by atoms with Gasteiger partial charge in [0.2, 0.25) is 0 Å². The summed E-state index contributed by atoms with van der Waals surface area (Å²) in [5, 5.41) is 5.16. The highest BCUT2D eigenvalue weighted by atomic mass is 19.2. The Morgan fingerprint density at radius 1 is 0.818 bits per heavy atom. The molecule has 0 spiro atoms. The minimum absolute atomic E-state index is 0.110. The van der Waals surface area contributed by atoms with E-state index in [1.807, 2.05) is 0 Å². The molecule has 33 heavy (non-hydrogen) atoms. The van der Waals surface area contributed by atoms with E-state index in [4.69, 9.17) is 0 Å². The number of aromatic nitrogens is 2. The standard InChI is InChI=1S/C24H17F3N4O2/c25-17-3-1-2-16(10-17)23(32)29-18-6-4-15(5-7-18)12-31-13-22(28-14-31)24(33)30-19-8-9-20(26)21(27)11-19/h1-11,13-14H,12H2,(H,29,32)(H,30,33). The minimum atomic E-state index is -1.06. The van der Waals surface area contributed by atoms with Crippen LogP contribution in [0.1, 0.15) is 26.4 Å². The van der Waals surface area contributed by atoms with E-state index < -0.39 is 29.3 Å². The first-order chi connectivity index (χ1) is 15.9. The van der Waals surface area contributed by atoms with Gasteiger partial charge in [0.25, 0.3) is 11.8 Å². The molecule has 6 nitrogen and oxygen atoms in total. The van der Waals surface area contributed by atoms with Gasteiger partial charge in [0, 0.05) is 35.7 Å². The summed E-state index contributed by atoms with van der Waals surface area (Å²) >= 11 is 0. The monoisotopic (exact) mass is 450 g/mol. The van der Waals surface area contributed by atoms with Crippen LogP contribution in [-0.4, -0.2) is 21.4 Å². The Labute approximate surface area is 186 Å².